The van der Waals surface area contributed by atoms with Gasteiger partial charge in [0.05, 0.1) is 5.69 Å². The summed E-state index contributed by atoms with van der Waals surface area (Å²) < 4.78 is 2.49. The van der Waals surface area contributed by atoms with E-state index in [2.05, 4.69) is 21.0 Å². The van der Waals surface area contributed by atoms with Crippen LogP contribution in [0.25, 0.3) is 0 Å². The molecule has 1 aromatic heterocycles. The molecule has 1 atom stereocenters. The lowest BCUT2D eigenvalue weighted by Gasteiger charge is -2.09. The van der Waals surface area contributed by atoms with Gasteiger partial charge < -0.3 is 5.11 Å². The molecular formula is C11H10BrClN2O. The average Bonchev–Trinajstić information content (AvgIpc) is 2.62. The van der Waals surface area contributed by atoms with Crippen LogP contribution in [0.5, 0.6) is 0 Å². The number of benzene rings is 1. The van der Waals surface area contributed by atoms with E-state index in [1.54, 1.807) is 29.1 Å². The maximum Gasteiger partial charge on any atom is 0.123 e. The Morgan fingerprint density at radius 1 is 1.44 bits per heavy atom. The third kappa shape index (κ3) is 2.45. The molecule has 0 radical (unpaired) electrons. The molecule has 3 nitrogen and oxygen atoms in total. The summed E-state index contributed by atoms with van der Waals surface area (Å²) in [4.78, 5) is 0. The number of aliphatic hydroxyl groups excluding tert-OH is 1. The minimum atomic E-state index is -0.754. The Morgan fingerprint density at radius 3 is 2.75 bits per heavy atom. The Hall–Kier alpha value is -0.840. The molecule has 0 aliphatic heterocycles. The summed E-state index contributed by atoms with van der Waals surface area (Å²) in [6.45, 7) is 0. The van der Waals surface area contributed by atoms with Gasteiger partial charge in [-0.3, -0.25) is 4.68 Å². The maximum atomic E-state index is 10.1. The van der Waals surface area contributed by atoms with Crippen LogP contribution in [0.3, 0.4) is 0 Å². The monoisotopic (exact) mass is 300 g/mol. The summed E-state index contributed by atoms with van der Waals surface area (Å²) in [5, 5.41) is 14.8. The molecule has 0 bridgehead atoms. The van der Waals surface area contributed by atoms with Crippen molar-refractivity contribution in [1.82, 2.24) is 9.78 Å². The number of aromatic nitrogens is 2. The fourth-order valence-corrected chi connectivity index (χ4v) is 2.37. The largest absolute Gasteiger partial charge is 0.382 e. The number of hydrogen-bond acceptors (Lipinski definition) is 2. The molecule has 0 amide bonds. The van der Waals surface area contributed by atoms with Crippen molar-refractivity contribution < 1.29 is 5.11 Å². The smallest absolute Gasteiger partial charge is 0.123 e. The summed E-state index contributed by atoms with van der Waals surface area (Å²) in [5.41, 5.74) is 1.33. The summed E-state index contributed by atoms with van der Waals surface area (Å²) >= 11 is 9.26. The van der Waals surface area contributed by atoms with E-state index in [1.165, 1.54) is 0 Å². The summed E-state index contributed by atoms with van der Waals surface area (Å²) in [7, 11) is 1.81. The molecule has 0 saturated heterocycles. The number of halogens is 2. The van der Waals surface area contributed by atoms with Crippen LogP contribution in [0.2, 0.25) is 5.02 Å². The average molecular weight is 302 g/mol. The molecule has 2 rings (SSSR count). The van der Waals surface area contributed by atoms with E-state index in [0.29, 0.717) is 10.7 Å². The number of aliphatic hydroxyl groups is 1. The van der Waals surface area contributed by atoms with Crippen molar-refractivity contribution in [3.8, 4) is 0 Å². The van der Waals surface area contributed by atoms with Gasteiger partial charge in [-0.05, 0) is 29.8 Å². The molecule has 0 saturated carbocycles. The second-order valence-corrected chi connectivity index (χ2v) is 4.87. The van der Waals surface area contributed by atoms with Crippen molar-refractivity contribution >= 4 is 27.5 Å². The zero-order valence-corrected chi connectivity index (χ0v) is 10.9. The Bertz CT molecular complexity index is 492. The third-order valence-electron chi connectivity index (χ3n) is 2.22. The van der Waals surface area contributed by atoms with Crippen LogP contribution in [0.4, 0.5) is 0 Å². The van der Waals surface area contributed by atoms with Crippen LogP contribution in [-0.4, -0.2) is 14.9 Å². The first-order valence-corrected chi connectivity index (χ1v) is 5.87. The van der Waals surface area contributed by atoms with E-state index in [9.17, 15) is 5.11 Å². The molecule has 1 heterocycles. The highest BCUT2D eigenvalue weighted by atomic mass is 79.9. The second kappa shape index (κ2) is 4.57. The Balaban J connectivity index is 2.37. The van der Waals surface area contributed by atoms with Gasteiger partial charge in [0.25, 0.3) is 0 Å². The van der Waals surface area contributed by atoms with Crippen molar-refractivity contribution in [2.24, 2.45) is 7.05 Å². The molecule has 1 N–H and O–H groups in total. The Kier molecular flexibility index (Phi) is 3.33. The standard InChI is InChI=1S/C11H10BrClN2O/c1-15-3-2-10(14-15)11(16)7-4-8(12)6-9(13)5-7/h2-6,11,16H,1H3. The van der Waals surface area contributed by atoms with Crippen molar-refractivity contribution in [2.45, 2.75) is 6.10 Å². The lowest BCUT2D eigenvalue weighted by molar-refractivity contribution is 0.214. The summed E-state index contributed by atoms with van der Waals surface area (Å²) in [5.74, 6) is 0. The fourth-order valence-electron chi connectivity index (χ4n) is 1.48. The molecule has 2 aromatic rings. The van der Waals surface area contributed by atoms with E-state index < -0.39 is 6.10 Å². The second-order valence-electron chi connectivity index (χ2n) is 3.52. The van der Waals surface area contributed by atoms with Crippen molar-refractivity contribution in [3.63, 3.8) is 0 Å². The van der Waals surface area contributed by atoms with Gasteiger partial charge in [-0.2, -0.15) is 5.10 Å². The van der Waals surface area contributed by atoms with Crippen LogP contribution < -0.4 is 0 Å². The molecule has 16 heavy (non-hydrogen) atoms. The maximum absolute atomic E-state index is 10.1. The van der Waals surface area contributed by atoms with Gasteiger partial charge in [0, 0.05) is 22.7 Å². The van der Waals surface area contributed by atoms with E-state index in [1.807, 2.05) is 13.1 Å². The summed E-state index contributed by atoms with van der Waals surface area (Å²) in [6, 6.07) is 7.10. The van der Waals surface area contributed by atoms with E-state index >= 15 is 0 Å². The number of nitrogens with zero attached hydrogens (tertiary/aromatic N) is 2. The van der Waals surface area contributed by atoms with Gasteiger partial charge in [0.2, 0.25) is 0 Å². The minimum Gasteiger partial charge on any atom is -0.382 e. The van der Waals surface area contributed by atoms with Crippen molar-refractivity contribution in [1.29, 1.82) is 0 Å². The normalized spacial score (nSPS) is 12.8. The summed E-state index contributed by atoms with van der Waals surface area (Å²) in [6.07, 6.45) is 1.04. The van der Waals surface area contributed by atoms with Gasteiger partial charge in [-0.1, -0.05) is 27.5 Å². The number of rotatable bonds is 2. The molecule has 0 fully saturated rings. The van der Waals surface area contributed by atoms with Crippen LogP contribution in [0.15, 0.2) is 34.9 Å². The number of aryl methyl sites for hydroxylation is 1. The highest BCUT2D eigenvalue weighted by molar-refractivity contribution is 9.10. The quantitative estimate of drug-likeness (QED) is 0.926. The lowest BCUT2D eigenvalue weighted by Crippen LogP contribution is -2.01. The van der Waals surface area contributed by atoms with Crippen LogP contribution in [0, 0.1) is 0 Å². The predicted octanol–water partition coefficient (Wildman–Crippen LogP) is 2.92. The lowest BCUT2D eigenvalue weighted by atomic mass is 10.1. The molecular weight excluding hydrogens is 291 g/mol. The molecule has 1 unspecified atom stereocenters. The molecule has 5 heteroatoms. The van der Waals surface area contributed by atoms with E-state index in [0.717, 1.165) is 10.0 Å². The molecule has 84 valence electrons. The van der Waals surface area contributed by atoms with Crippen molar-refractivity contribution in [2.75, 3.05) is 0 Å². The predicted molar refractivity (Wildman–Crippen MR) is 66.4 cm³/mol. The zero-order valence-electron chi connectivity index (χ0n) is 8.56. The highest BCUT2D eigenvalue weighted by Crippen LogP contribution is 2.26. The third-order valence-corrected chi connectivity index (χ3v) is 2.89. The first-order valence-electron chi connectivity index (χ1n) is 4.70. The Morgan fingerprint density at radius 2 is 2.19 bits per heavy atom. The Labute approximate surface area is 107 Å². The van der Waals surface area contributed by atoms with Gasteiger partial charge in [0.15, 0.2) is 0 Å². The van der Waals surface area contributed by atoms with Crippen LogP contribution in [0.1, 0.15) is 17.4 Å². The van der Waals surface area contributed by atoms with Crippen LogP contribution >= 0.6 is 27.5 Å². The minimum absolute atomic E-state index is 0.583. The number of hydrogen-bond donors (Lipinski definition) is 1. The molecule has 0 spiro atoms. The van der Waals surface area contributed by atoms with E-state index in [4.69, 9.17) is 11.6 Å². The van der Waals surface area contributed by atoms with Gasteiger partial charge in [-0.25, -0.2) is 0 Å². The molecule has 0 aliphatic carbocycles. The van der Waals surface area contributed by atoms with Crippen molar-refractivity contribution in [3.05, 3.63) is 51.2 Å². The van der Waals surface area contributed by atoms with E-state index in [-0.39, 0.29) is 0 Å². The van der Waals surface area contributed by atoms with Crippen LogP contribution in [-0.2, 0) is 7.05 Å². The van der Waals surface area contributed by atoms with Gasteiger partial charge in [-0.15, -0.1) is 0 Å². The first kappa shape index (κ1) is 11.6. The highest BCUT2D eigenvalue weighted by Gasteiger charge is 2.14. The SMILES string of the molecule is Cn1ccc(C(O)c2cc(Cl)cc(Br)c2)n1. The first-order chi connectivity index (χ1) is 7.56. The zero-order chi connectivity index (χ0) is 11.7. The van der Waals surface area contributed by atoms with Gasteiger partial charge in [0.1, 0.15) is 6.10 Å². The topological polar surface area (TPSA) is 38.0 Å². The van der Waals surface area contributed by atoms with Gasteiger partial charge >= 0.3 is 0 Å². The fraction of sp³-hybridized carbons (Fsp3) is 0.182. The molecule has 1 aromatic carbocycles. The molecule has 0 aliphatic rings.